The van der Waals surface area contributed by atoms with Gasteiger partial charge < -0.3 is 10.2 Å². The molecule has 1 aromatic carbocycles. The highest BCUT2D eigenvalue weighted by molar-refractivity contribution is 5.41. The van der Waals surface area contributed by atoms with Crippen molar-refractivity contribution in [3.63, 3.8) is 0 Å². The first-order valence-electron chi connectivity index (χ1n) is 6.78. The van der Waals surface area contributed by atoms with E-state index >= 15 is 0 Å². The molecule has 0 amide bonds. The minimum absolute atomic E-state index is 0.0209. The molecule has 102 valence electrons. The van der Waals surface area contributed by atoms with Crippen LogP contribution in [-0.4, -0.2) is 10.2 Å². The van der Waals surface area contributed by atoms with Gasteiger partial charge in [-0.05, 0) is 41.4 Å². The summed E-state index contributed by atoms with van der Waals surface area (Å²) in [6.45, 7) is 11.2. The monoisotopic (exact) mass is 250 g/mol. The molecule has 0 aliphatic rings. The van der Waals surface area contributed by atoms with Crippen LogP contribution in [0.25, 0.3) is 0 Å². The first-order chi connectivity index (χ1) is 8.26. The van der Waals surface area contributed by atoms with E-state index < -0.39 is 0 Å². The average Bonchev–Trinajstić information content (AvgIpc) is 2.30. The van der Waals surface area contributed by atoms with Crippen molar-refractivity contribution in [1.29, 1.82) is 0 Å². The Morgan fingerprint density at radius 1 is 1.11 bits per heavy atom. The first kappa shape index (κ1) is 14.9. The summed E-state index contributed by atoms with van der Waals surface area (Å²) in [6.07, 6.45) is 2.23. The molecule has 0 spiro atoms. The molecule has 2 N–H and O–H groups in total. The molecule has 2 nitrogen and oxygen atoms in total. The second-order valence-corrected chi connectivity index (χ2v) is 6.32. The van der Waals surface area contributed by atoms with Crippen molar-refractivity contribution in [2.75, 3.05) is 0 Å². The maximum atomic E-state index is 9.64. The van der Waals surface area contributed by atoms with Gasteiger partial charge in [-0.2, -0.15) is 0 Å². The number of hydrogen-bond acceptors (Lipinski definition) is 2. The molecule has 0 aromatic heterocycles. The summed E-state index contributed by atoms with van der Waals surface area (Å²) >= 11 is 0. The summed E-state index contributed by atoms with van der Waals surface area (Å²) in [7, 11) is 0. The lowest BCUT2D eigenvalue weighted by Gasteiger charge is -2.31. The number of hydrogen-bond donors (Lipinski definition) is 2. The summed E-state index contributed by atoms with van der Waals surface area (Å²) in [5, 5.41) is 19.0. The molecule has 1 rings (SSSR count). The number of phenols is 2. The molecule has 0 aliphatic heterocycles. The third-order valence-electron chi connectivity index (χ3n) is 3.96. The zero-order valence-corrected chi connectivity index (χ0v) is 12.2. The lowest BCUT2D eigenvalue weighted by atomic mass is 9.74. The zero-order valence-electron chi connectivity index (χ0n) is 12.2. The molecule has 0 heterocycles. The molecular formula is C16H26O2. The summed E-state index contributed by atoms with van der Waals surface area (Å²) < 4.78 is 0. The Morgan fingerprint density at radius 2 is 1.72 bits per heavy atom. The Balaban J connectivity index is 3.01. The average molecular weight is 250 g/mol. The van der Waals surface area contributed by atoms with Crippen LogP contribution in [0, 0.1) is 11.3 Å². The van der Waals surface area contributed by atoms with Crippen LogP contribution in [0.2, 0.25) is 0 Å². The number of benzene rings is 1. The topological polar surface area (TPSA) is 40.5 Å². The maximum Gasteiger partial charge on any atom is 0.157 e. The van der Waals surface area contributed by atoms with Crippen LogP contribution in [0.4, 0.5) is 0 Å². The van der Waals surface area contributed by atoms with Gasteiger partial charge in [0, 0.05) is 0 Å². The summed E-state index contributed by atoms with van der Waals surface area (Å²) in [5.41, 5.74) is 1.41. The van der Waals surface area contributed by atoms with E-state index in [0.29, 0.717) is 17.3 Å². The Kier molecular flexibility index (Phi) is 4.66. The van der Waals surface area contributed by atoms with Gasteiger partial charge in [-0.25, -0.2) is 0 Å². The Labute approximate surface area is 111 Å². The van der Waals surface area contributed by atoms with Crippen LogP contribution < -0.4 is 0 Å². The van der Waals surface area contributed by atoms with Gasteiger partial charge in [0.05, 0.1) is 0 Å². The smallest absolute Gasteiger partial charge is 0.157 e. The molecule has 0 radical (unpaired) electrons. The predicted octanol–water partition coefficient (Wildman–Crippen LogP) is 4.66. The van der Waals surface area contributed by atoms with Crippen molar-refractivity contribution in [3.05, 3.63) is 23.8 Å². The van der Waals surface area contributed by atoms with Gasteiger partial charge in [-0.1, -0.05) is 47.1 Å². The van der Waals surface area contributed by atoms with Crippen molar-refractivity contribution in [2.45, 2.75) is 53.4 Å². The highest BCUT2D eigenvalue weighted by Gasteiger charge is 2.25. The maximum absolute atomic E-state index is 9.64. The number of phenolic OH excluding ortho intramolecular Hbond substituents is 2. The second-order valence-electron chi connectivity index (χ2n) is 6.32. The molecule has 1 atom stereocenters. The fourth-order valence-corrected chi connectivity index (χ4v) is 2.25. The van der Waals surface area contributed by atoms with E-state index in [0.717, 1.165) is 18.4 Å². The Morgan fingerprint density at radius 3 is 2.17 bits per heavy atom. The van der Waals surface area contributed by atoms with Gasteiger partial charge in [0.1, 0.15) is 0 Å². The fourth-order valence-electron chi connectivity index (χ4n) is 2.25. The molecule has 1 unspecified atom stereocenters. The number of aromatic hydroxyl groups is 2. The highest BCUT2D eigenvalue weighted by Crippen LogP contribution is 2.40. The van der Waals surface area contributed by atoms with Gasteiger partial charge >= 0.3 is 0 Å². The summed E-state index contributed by atoms with van der Waals surface area (Å²) in [6, 6.07) is 5.20. The van der Waals surface area contributed by atoms with Crippen molar-refractivity contribution < 1.29 is 10.2 Å². The quantitative estimate of drug-likeness (QED) is 0.746. The fraction of sp³-hybridized carbons (Fsp3) is 0.625. The molecule has 0 saturated carbocycles. The molecule has 2 heteroatoms. The summed E-state index contributed by atoms with van der Waals surface area (Å²) in [4.78, 5) is 0. The van der Waals surface area contributed by atoms with Gasteiger partial charge in [0.2, 0.25) is 0 Å². The van der Waals surface area contributed by atoms with Gasteiger partial charge in [-0.3, -0.25) is 0 Å². The molecular weight excluding hydrogens is 224 g/mol. The lowest BCUT2D eigenvalue weighted by Crippen LogP contribution is -2.18. The molecule has 1 aromatic rings. The van der Waals surface area contributed by atoms with E-state index in [4.69, 9.17) is 0 Å². The third-order valence-corrected chi connectivity index (χ3v) is 3.96. The zero-order chi connectivity index (χ0) is 13.9. The van der Waals surface area contributed by atoms with Crippen molar-refractivity contribution in [2.24, 2.45) is 11.3 Å². The Hall–Kier alpha value is -1.18. The molecule has 0 saturated heterocycles. The molecule has 0 fully saturated rings. The first-order valence-corrected chi connectivity index (χ1v) is 6.78. The van der Waals surface area contributed by atoms with Crippen LogP contribution in [0.1, 0.15) is 58.9 Å². The lowest BCUT2D eigenvalue weighted by molar-refractivity contribution is 0.264. The Bertz CT molecular complexity index is 394. The van der Waals surface area contributed by atoms with Crippen LogP contribution in [0.3, 0.4) is 0 Å². The van der Waals surface area contributed by atoms with Crippen molar-refractivity contribution >= 4 is 0 Å². The van der Waals surface area contributed by atoms with E-state index in [1.165, 1.54) is 0 Å². The van der Waals surface area contributed by atoms with E-state index in [1.807, 2.05) is 6.07 Å². The largest absolute Gasteiger partial charge is 0.504 e. The van der Waals surface area contributed by atoms with Gasteiger partial charge in [0.15, 0.2) is 11.5 Å². The van der Waals surface area contributed by atoms with Crippen molar-refractivity contribution in [3.8, 4) is 11.5 Å². The SMILES string of the molecule is CCC(C)(C)CC(c1ccc(O)c(O)c1)C(C)C. The highest BCUT2D eigenvalue weighted by atomic mass is 16.3. The second kappa shape index (κ2) is 5.64. The summed E-state index contributed by atoms with van der Waals surface area (Å²) in [5.74, 6) is 0.856. The van der Waals surface area contributed by atoms with Crippen LogP contribution in [0.15, 0.2) is 18.2 Å². The van der Waals surface area contributed by atoms with Crippen molar-refractivity contribution in [1.82, 2.24) is 0 Å². The van der Waals surface area contributed by atoms with Crippen LogP contribution in [-0.2, 0) is 0 Å². The normalized spacial score (nSPS) is 13.9. The molecule has 18 heavy (non-hydrogen) atoms. The third kappa shape index (κ3) is 3.66. The minimum Gasteiger partial charge on any atom is -0.504 e. The van der Waals surface area contributed by atoms with Gasteiger partial charge in [0.25, 0.3) is 0 Å². The standard InChI is InChI=1S/C16H26O2/c1-6-16(4,5)10-13(11(2)3)12-7-8-14(17)15(18)9-12/h7-9,11,13,17-18H,6,10H2,1-5H3. The molecule has 0 aliphatic carbocycles. The van der Waals surface area contributed by atoms with Gasteiger partial charge in [-0.15, -0.1) is 0 Å². The molecule has 0 bridgehead atoms. The minimum atomic E-state index is -0.0454. The van der Waals surface area contributed by atoms with Crippen LogP contribution >= 0.6 is 0 Å². The van der Waals surface area contributed by atoms with E-state index in [-0.39, 0.29) is 11.5 Å². The van der Waals surface area contributed by atoms with E-state index in [1.54, 1.807) is 12.1 Å². The van der Waals surface area contributed by atoms with Crippen LogP contribution in [0.5, 0.6) is 11.5 Å². The predicted molar refractivity (Wildman–Crippen MR) is 76.0 cm³/mol. The number of rotatable bonds is 5. The van der Waals surface area contributed by atoms with E-state index in [9.17, 15) is 10.2 Å². The van der Waals surface area contributed by atoms with E-state index in [2.05, 4.69) is 34.6 Å².